The minimum atomic E-state index is -1.47. The van der Waals surface area contributed by atoms with Gasteiger partial charge in [0.05, 0.1) is 16.6 Å². The third kappa shape index (κ3) is 3.27. The fourth-order valence-electron chi connectivity index (χ4n) is 1.66. The Hall–Kier alpha value is -2.44. The summed E-state index contributed by atoms with van der Waals surface area (Å²) in [4.78, 5) is 22.4. The van der Waals surface area contributed by atoms with Crippen molar-refractivity contribution in [2.45, 2.75) is 6.92 Å². The molecule has 1 aromatic carbocycles. The minimum absolute atomic E-state index is 0.0341. The van der Waals surface area contributed by atoms with Crippen LogP contribution in [-0.2, 0) is 0 Å². The van der Waals surface area contributed by atoms with Crippen LogP contribution >= 0.6 is 0 Å². The van der Waals surface area contributed by atoms with E-state index in [1.165, 1.54) is 4.90 Å². The van der Waals surface area contributed by atoms with Crippen molar-refractivity contribution in [3.05, 3.63) is 45.8 Å². The van der Waals surface area contributed by atoms with E-state index in [4.69, 9.17) is 5.11 Å². The van der Waals surface area contributed by atoms with E-state index in [0.29, 0.717) is 12.6 Å². The summed E-state index contributed by atoms with van der Waals surface area (Å²) in [7, 11) is 1.54. The average molecular weight is 268 g/mol. The predicted octanol–water partition coefficient (Wildman–Crippen LogP) is 2.44. The normalized spacial score (nSPS) is 10.1. The second-order valence-electron chi connectivity index (χ2n) is 4.20. The summed E-state index contributed by atoms with van der Waals surface area (Å²) in [5.74, 6) is -2.61. The summed E-state index contributed by atoms with van der Waals surface area (Å²) in [6.07, 6.45) is 0. The lowest BCUT2D eigenvalue weighted by Crippen LogP contribution is -2.21. The SMILES string of the molecule is C=C(C)CN(C)c1cc(C(=O)O)c(F)cc1[N+](=O)[O-]. The first kappa shape index (κ1) is 14.6. The van der Waals surface area contributed by atoms with Crippen LogP contribution < -0.4 is 4.90 Å². The second kappa shape index (κ2) is 5.47. The van der Waals surface area contributed by atoms with Crippen molar-refractivity contribution >= 4 is 17.3 Å². The summed E-state index contributed by atoms with van der Waals surface area (Å²) in [6.45, 7) is 5.69. The molecule has 0 unspecified atom stereocenters. The van der Waals surface area contributed by atoms with E-state index in [1.54, 1.807) is 14.0 Å². The van der Waals surface area contributed by atoms with Crippen LogP contribution in [0.5, 0.6) is 0 Å². The first-order chi connectivity index (χ1) is 8.73. The molecule has 0 spiro atoms. The monoisotopic (exact) mass is 268 g/mol. The number of carbonyl (C=O) groups is 1. The van der Waals surface area contributed by atoms with Gasteiger partial charge in [0.15, 0.2) is 0 Å². The molecule has 1 N–H and O–H groups in total. The number of nitrogens with zero attached hydrogens (tertiary/aromatic N) is 2. The molecule has 0 heterocycles. The third-order valence-electron chi connectivity index (χ3n) is 2.41. The molecular formula is C12H13FN2O4. The zero-order chi connectivity index (χ0) is 14.7. The maximum absolute atomic E-state index is 13.4. The van der Waals surface area contributed by atoms with E-state index in [2.05, 4.69) is 6.58 Å². The van der Waals surface area contributed by atoms with Crippen LogP contribution in [0.3, 0.4) is 0 Å². The minimum Gasteiger partial charge on any atom is -0.478 e. The van der Waals surface area contributed by atoms with Gasteiger partial charge in [0.2, 0.25) is 0 Å². The fourth-order valence-corrected chi connectivity index (χ4v) is 1.66. The zero-order valence-corrected chi connectivity index (χ0v) is 10.5. The molecule has 0 aliphatic heterocycles. The van der Waals surface area contributed by atoms with Gasteiger partial charge in [-0.2, -0.15) is 0 Å². The molecule has 0 aliphatic carbocycles. The Bertz CT molecular complexity index is 557. The van der Waals surface area contributed by atoms with Crippen molar-refractivity contribution in [1.29, 1.82) is 0 Å². The van der Waals surface area contributed by atoms with Gasteiger partial charge in [0.25, 0.3) is 5.69 Å². The van der Waals surface area contributed by atoms with E-state index in [1.807, 2.05) is 0 Å². The summed E-state index contributed by atoms with van der Waals surface area (Å²) < 4.78 is 13.4. The number of nitro benzene ring substituents is 1. The van der Waals surface area contributed by atoms with E-state index < -0.39 is 28.0 Å². The molecule has 19 heavy (non-hydrogen) atoms. The number of benzene rings is 1. The van der Waals surface area contributed by atoms with E-state index >= 15 is 0 Å². The van der Waals surface area contributed by atoms with Crippen LogP contribution in [0.1, 0.15) is 17.3 Å². The van der Waals surface area contributed by atoms with Gasteiger partial charge in [0.1, 0.15) is 11.5 Å². The molecule has 0 amide bonds. The first-order valence-electron chi connectivity index (χ1n) is 5.30. The molecule has 0 saturated carbocycles. The van der Waals surface area contributed by atoms with Crippen molar-refractivity contribution in [3.63, 3.8) is 0 Å². The summed E-state index contributed by atoms with van der Waals surface area (Å²) in [5, 5.41) is 19.7. The highest BCUT2D eigenvalue weighted by atomic mass is 19.1. The van der Waals surface area contributed by atoms with E-state index in [0.717, 1.165) is 11.6 Å². The van der Waals surface area contributed by atoms with Gasteiger partial charge in [0, 0.05) is 13.6 Å². The van der Waals surface area contributed by atoms with Gasteiger partial charge in [-0.05, 0) is 13.0 Å². The number of carboxylic acid groups (broad SMARTS) is 1. The Morgan fingerprint density at radius 1 is 1.58 bits per heavy atom. The number of hydrogen-bond donors (Lipinski definition) is 1. The van der Waals surface area contributed by atoms with Crippen LogP contribution in [0.4, 0.5) is 15.8 Å². The second-order valence-corrected chi connectivity index (χ2v) is 4.20. The summed E-state index contributed by atoms with van der Waals surface area (Å²) in [5.41, 5.74) is -0.315. The highest BCUT2D eigenvalue weighted by Crippen LogP contribution is 2.30. The number of hydrogen-bond acceptors (Lipinski definition) is 4. The topological polar surface area (TPSA) is 83.7 Å². The van der Waals surface area contributed by atoms with Gasteiger partial charge in [-0.15, -0.1) is 0 Å². The molecule has 7 heteroatoms. The molecule has 0 fully saturated rings. The van der Waals surface area contributed by atoms with Gasteiger partial charge >= 0.3 is 5.97 Å². The highest BCUT2D eigenvalue weighted by Gasteiger charge is 2.23. The van der Waals surface area contributed by atoms with Crippen molar-refractivity contribution in [2.75, 3.05) is 18.5 Å². The number of halogens is 1. The zero-order valence-electron chi connectivity index (χ0n) is 10.5. The van der Waals surface area contributed by atoms with Crippen LogP contribution in [0, 0.1) is 15.9 Å². The Morgan fingerprint density at radius 2 is 2.16 bits per heavy atom. The Kier molecular flexibility index (Phi) is 4.21. The van der Waals surface area contributed by atoms with E-state index in [-0.39, 0.29) is 5.69 Å². The van der Waals surface area contributed by atoms with Crippen LogP contribution in [0.25, 0.3) is 0 Å². The number of likely N-dealkylation sites (N-methyl/N-ethyl adjacent to an activating group) is 1. The lowest BCUT2D eigenvalue weighted by molar-refractivity contribution is -0.384. The molecule has 0 aliphatic rings. The smallest absolute Gasteiger partial charge is 0.338 e. The quantitative estimate of drug-likeness (QED) is 0.503. The van der Waals surface area contributed by atoms with Crippen molar-refractivity contribution in [2.24, 2.45) is 0 Å². The molecule has 0 saturated heterocycles. The molecule has 0 radical (unpaired) electrons. The largest absolute Gasteiger partial charge is 0.478 e. The standard InChI is InChI=1S/C12H13FN2O4/c1-7(2)6-14(3)10-4-8(12(16)17)9(13)5-11(10)15(18)19/h4-5H,1,6H2,2-3H3,(H,16,17). The number of carboxylic acids is 1. The van der Waals surface area contributed by atoms with Crippen LogP contribution in [-0.4, -0.2) is 29.6 Å². The molecule has 102 valence electrons. The maximum atomic E-state index is 13.4. The van der Waals surface area contributed by atoms with Crippen LogP contribution in [0.15, 0.2) is 24.3 Å². The van der Waals surface area contributed by atoms with E-state index in [9.17, 15) is 19.3 Å². The summed E-state index contributed by atoms with van der Waals surface area (Å²) in [6, 6.07) is 1.58. The fraction of sp³-hybridized carbons (Fsp3) is 0.250. The molecule has 0 atom stereocenters. The van der Waals surface area contributed by atoms with Crippen molar-refractivity contribution in [3.8, 4) is 0 Å². The van der Waals surface area contributed by atoms with Gasteiger partial charge in [-0.25, -0.2) is 9.18 Å². The van der Waals surface area contributed by atoms with Crippen molar-refractivity contribution < 1.29 is 19.2 Å². The van der Waals surface area contributed by atoms with Crippen LogP contribution in [0.2, 0.25) is 0 Å². The number of rotatable bonds is 5. The number of nitro groups is 1. The first-order valence-corrected chi connectivity index (χ1v) is 5.30. The molecule has 0 aromatic heterocycles. The molecule has 6 nitrogen and oxygen atoms in total. The number of anilines is 1. The lowest BCUT2D eigenvalue weighted by atomic mass is 10.1. The Labute approximate surface area is 108 Å². The third-order valence-corrected chi connectivity index (χ3v) is 2.41. The predicted molar refractivity (Wildman–Crippen MR) is 68.1 cm³/mol. The van der Waals surface area contributed by atoms with Gasteiger partial charge < -0.3 is 10.0 Å². The average Bonchev–Trinajstić information content (AvgIpc) is 2.26. The Balaban J connectivity index is 3.41. The van der Waals surface area contributed by atoms with Gasteiger partial charge in [-0.1, -0.05) is 12.2 Å². The Morgan fingerprint density at radius 3 is 2.58 bits per heavy atom. The maximum Gasteiger partial charge on any atom is 0.338 e. The summed E-state index contributed by atoms with van der Waals surface area (Å²) >= 11 is 0. The molecular weight excluding hydrogens is 255 g/mol. The van der Waals surface area contributed by atoms with Gasteiger partial charge in [-0.3, -0.25) is 10.1 Å². The lowest BCUT2D eigenvalue weighted by Gasteiger charge is -2.19. The molecule has 1 aromatic rings. The molecule has 0 bridgehead atoms. The van der Waals surface area contributed by atoms with Crippen molar-refractivity contribution in [1.82, 2.24) is 0 Å². The number of aromatic carboxylic acids is 1. The highest BCUT2D eigenvalue weighted by molar-refractivity contribution is 5.90. The molecule has 1 rings (SSSR count).